The molecule has 0 unspecified atom stereocenters. The number of guanidine groups is 1. The van der Waals surface area contributed by atoms with E-state index in [4.69, 9.17) is 0 Å². The average molecular weight is 278 g/mol. The molecule has 0 bridgehead atoms. The molecule has 5 nitrogen and oxygen atoms in total. The highest BCUT2D eigenvalue weighted by molar-refractivity contribution is 5.95. The van der Waals surface area contributed by atoms with Gasteiger partial charge in [0.1, 0.15) is 5.82 Å². The van der Waals surface area contributed by atoms with Crippen molar-refractivity contribution < 1.29 is 9.18 Å². The van der Waals surface area contributed by atoms with Crippen molar-refractivity contribution in [3.8, 4) is 0 Å². The van der Waals surface area contributed by atoms with Crippen LogP contribution in [-0.4, -0.2) is 43.4 Å². The topological polar surface area (TPSA) is 56.7 Å². The van der Waals surface area contributed by atoms with Crippen LogP contribution in [-0.2, 0) is 4.79 Å². The Morgan fingerprint density at radius 2 is 1.95 bits per heavy atom. The Balaban J connectivity index is 1.80. The number of carbonyl (C=O) groups is 1. The van der Waals surface area contributed by atoms with E-state index in [-0.39, 0.29) is 18.3 Å². The number of nitrogens with zero attached hydrogens (tertiary/aromatic N) is 2. The Kier molecular flexibility index (Phi) is 4.92. The van der Waals surface area contributed by atoms with Gasteiger partial charge in [-0.1, -0.05) is 0 Å². The van der Waals surface area contributed by atoms with Crippen molar-refractivity contribution in [1.82, 2.24) is 10.2 Å². The molecule has 1 aliphatic heterocycles. The molecule has 0 radical (unpaired) electrons. The van der Waals surface area contributed by atoms with Crippen LogP contribution in [0.4, 0.5) is 10.1 Å². The Bertz CT molecular complexity index is 480. The third-order valence-corrected chi connectivity index (χ3v) is 3.15. The fourth-order valence-electron chi connectivity index (χ4n) is 2.16. The first-order valence-corrected chi connectivity index (χ1v) is 6.70. The predicted octanol–water partition coefficient (Wildman–Crippen LogP) is 1.44. The molecule has 0 aliphatic carbocycles. The Hall–Kier alpha value is -2.11. The number of nitrogens with one attached hydrogen (secondary N) is 2. The number of anilines is 1. The maximum Gasteiger partial charge on any atom is 0.243 e. The molecule has 2 rings (SSSR count). The van der Waals surface area contributed by atoms with Gasteiger partial charge in [-0.05, 0) is 37.1 Å². The molecule has 1 aliphatic rings. The van der Waals surface area contributed by atoms with E-state index in [1.165, 1.54) is 24.3 Å². The van der Waals surface area contributed by atoms with E-state index in [9.17, 15) is 9.18 Å². The van der Waals surface area contributed by atoms with Gasteiger partial charge < -0.3 is 15.5 Å². The molecule has 1 fully saturated rings. The van der Waals surface area contributed by atoms with Crippen molar-refractivity contribution in [3.05, 3.63) is 30.1 Å². The lowest BCUT2D eigenvalue weighted by molar-refractivity contribution is -0.115. The molecule has 2 N–H and O–H groups in total. The standard InChI is InChI=1S/C14H19FN4O/c1-16-14(19-8-2-3-9-19)17-10-13(20)18-12-6-4-11(15)5-7-12/h4-7H,2-3,8-10H2,1H3,(H,16,17)(H,18,20). The van der Waals surface area contributed by atoms with Gasteiger partial charge in [0, 0.05) is 25.8 Å². The summed E-state index contributed by atoms with van der Waals surface area (Å²) >= 11 is 0. The molecule has 1 aromatic carbocycles. The van der Waals surface area contributed by atoms with Crippen LogP contribution in [0.5, 0.6) is 0 Å². The number of aliphatic imine (C=N–C) groups is 1. The summed E-state index contributed by atoms with van der Waals surface area (Å²) in [5, 5.41) is 5.73. The van der Waals surface area contributed by atoms with Crippen molar-refractivity contribution in [3.63, 3.8) is 0 Å². The van der Waals surface area contributed by atoms with Crippen molar-refractivity contribution >= 4 is 17.6 Å². The lowest BCUT2D eigenvalue weighted by Crippen LogP contribution is -2.42. The van der Waals surface area contributed by atoms with Crippen molar-refractivity contribution in [2.75, 3.05) is 32.0 Å². The molecule has 0 saturated carbocycles. The molecule has 1 aromatic rings. The first-order valence-electron chi connectivity index (χ1n) is 6.70. The van der Waals surface area contributed by atoms with Crippen LogP contribution in [0.2, 0.25) is 0 Å². The van der Waals surface area contributed by atoms with E-state index in [0.717, 1.165) is 31.9 Å². The van der Waals surface area contributed by atoms with Gasteiger partial charge in [0.2, 0.25) is 5.91 Å². The summed E-state index contributed by atoms with van der Waals surface area (Å²) in [7, 11) is 1.71. The summed E-state index contributed by atoms with van der Waals surface area (Å²) in [5.41, 5.74) is 0.578. The van der Waals surface area contributed by atoms with Gasteiger partial charge in [-0.15, -0.1) is 0 Å². The summed E-state index contributed by atoms with van der Waals surface area (Å²) in [6, 6.07) is 5.68. The molecule has 6 heteroatoms. The van der Waals surface area contributed by atoms with Crippen LogP contribution in [0.25, 0.3) is 0 Å². The molecular formula is C14H19FN4O. The summed E-state index contributed by atoms with van der Waals surface area (Å²) in [6.07, 6.45) is 2.31. The van der Waals surface area contributed by atoms with Gasteiger partial charge in [0.15, 0.2) is 5.96 Å². The quantitative estimate of drug-likeness (QED) is 0.649. The summed E-state index contributed by atoms with van der Waals surface area (Å²) < 4.78 is 12.8. The Labute approximate surface area is 117 Å². The number of likely N-dealkylation sites (tertiary alicyclic amines) is 1. The number of hydrogen-bond donors (Lipinski definition) is 2. The molecule has 1 amide bonds. The van der Waals surface area contributed by atoms with Crippen LogP contribution >= 0.6 is 0 Å². The maximum absolute atomic E-state index is 12.8. The number of halogens is 1. The Morgan fingerprint density at radius 3 is 2.55 bits per heavy atom. The van der Waals surface area contributed by atoms with E-state index in [1.807, 2.05) is 0 Å². The van der Waals surface area contributed by atoms with Gasteiger partial charge in [0.25, 0.3) is 0 Å². The SMILES string of the molecule is CN=C(NCC(=O)Nc1ccc(F)cc1)N1CCCC1. The van der Waals surface area contributed by atoms with E-state index < -0.39 is 0 Å². The highest BCUT2D eigenvalue weighted by Crippen LogP contribution is 2.08. The molecule has 108 valence electrons. The average Bonchev–Trinajstić information content (AvgIpc) is 2.96. The third-order valence-electron chi connectivity index (χ3n) is 3.15. The number of amides is 1. The zero-order valence-electron chi connectivity index (χ0n) is 11.5. The smallest absolute Gasteiger partial charge is 0.243 e. The van der Waals surface area contributed by atoms with E-state index >= 15 is 0 Å². The summed E-state index contributed by atoms with van der Waals surface area (Å²) in [4.78, 5) is 18.1. The first kappa shape index (κ1) is 14.3. The molecule has 0 spiro atoms. The van der Waals surface area contributed by atoms with E-state index in [0.29, 0.717) is 5.69 Å². The van der Waals surface area contributed by atoms with Crippen molar-refractivity contribution in [1.29, 1.82) is 0 Å². The van der Waals surface area contributed by atoms with Gasteiger partial charge in [-0.2, -0.15) is 0 Å². The molecule has 1 heterocycles. The first-order chi connectivity index (χ1) is 9.69. The zero-order chi connectivity index (χ0) is 14.4. The van der Waals surface area contributed by atoms with Crippen molar-refractivity contribution in [2.45, 2.75) is 12.8 Å². The number of rotatable bonds is 3. The van der Waals surface area contributed by atoms with Crippen LogP contribution in [0.15, 0.2) is 29.3 Å². The normalized spacial score (nSPS) is 15.3. The highest BCUT2D eigenvalue weighted by atomic mass is 19.1. The van der Waals surface area contributed by atoms with Crippen LogP contribution in [0, 0.1) is 5.82 Å². The number of carbonyl (C=O) groups excluding carboxylic acids is 1. The van der Waals surface area contributed by atoms with E-state index in [1.54, 1.807) is 7.05 Å². The predicted molar refractivity (Wildman–Crippen MR) is 77.2 cm³/mol. The molecule has 0 atom stereocenters. The zero-order valence-corrected chi connectivity index (χ0v) is 11.5. The minimum atomic E-state index is -0.324. The Morgan fingerprint density at radius 1 is 1.30 bits per heavy atom. The second kappa shape index (κ2) is 6.88. The fraction of sp³-hybridized carbons (Fsp3) is 0.429. The largest absolute Gasteiger partial charge is 0.347 e. The van der Waals surface area contributed by atoms with Gasteiger partial charge >= 0.3 is 0 Å². The summed E-state index contributed by atoms with van der Waals surface area (Å²) in [6.45, 7) is 2.08. The minimum absolute atomic E-state index is 0.139. The molecule has 20 heavy (non-hydrogen) atoms. The van der Waals surface area contributed by atoms with Crippen LogP contribution < -0.4 is 10.6 Å². The van der Waals surface area contributed by atoms with Crippen LogP contribution in [0.3, 0.4) is 0 Å². The number of hydrogen-bond acceptors (Lipinski definition) is 2. The van der Waals surface area contributed by atoms with Gasteiger partial charge in [-0.25, -0.2) is 4.39 Å². The van der Waals surface area contributed by atoms with Gasteiger partial charge in [0.05, 0.1) is 6.54 Å². The lowest BCUT2D eigenvalue weighted by atomic mass is 10.3. The van der Waals surface area contributed by atoms with E-state index in [2.05, 4.69) is 20.5 Å². The third kappa shape index (κ3) is 3.94. The lowest BCUT2D eigenvalue weighted by Gasteiger charge is -2.20. The highest BCUT2D eigenvalue weighted by Gasteiger charge is 2.16. The fourth-order valence-corrected chi connectivity index (χ4v) is 2.16. The number of benzene rings is 1. The molecule has 0 aromatic heterocycles. The minimum Gasteiger partial charge on any atom is -0.347 e. The summed E-state index contributed by atoms with van der Waals surface area (Å²) in [5.74, 6) is 0.240. The van der Waals surface area contributed by atoms with Crippen LogP contribution in [0.1, 0.15) is 12.8 Å². The molecule has 1 saturated heterocycles. The molecular weight excluding hydrogens is 259 g/mol. The second-order valence-corrected chi connectivity index (χ2v) is 4.65. The van der Waals surface area contributed by atoms with Gasteiger partial charge in [-0.3, -0.25) is 9.79 Å². The monoisotopic (exact) mass is 278 g/mol. The second-order valence-electron chi connectivity index (χ2n) is 4.65. The van der Waals surface area contributed by atoms with Crippen molar-refractivity contribution in [2.24, 2.45) is 4.99 Å². The maximum atomic E-state index is 12.8.